The summed E-state index contributed by atoms with van der Waals surface area (Å²) in [5, 5.41) is 8.12. The molecule has 0 heterocycles. The maximum atomic E-state index is 9.87. The molecule has 0 saturated carbocycles. The molecule has 1 N–H and O–H groups in total. The number of aliphatic carboxylic acids is 1. The molecule has 0 atom stereocenters. The molecule has 0 rings (SSSR count). The summed E-state index contributed by atoms with van der Waals surface area (Å²) in [7, 11) is 0. The molecule has 0 aliphatic carbocycles. The van der Waals surface area contributed by atoms with Crippen molar-refractivity contribution >= 4 is 5.97 Å². The summed E-state index contributed by atoms with van der Waals surface area (Å²) in [4.78, 5) is 9.87. The summed E-state index contributed by atoms with van der Waals surface area (Å²) < 4.78 is 0. The predicted molar refractivity (Wildman–Crippen MR) is 36.0 cm³/mol. The third-order valence-corrected chi connectivity index (χ3v) is 0.882. The van der Waals surface area contributed by atoms with Crippen molar-refractivity contribution in [1.82, 2.24) is 0 Å². The zero-order chi connectivity index (χ0) is 7.11. The lowest BCUT2D eigenvalue weighted by atomic mass is 10.2. The summed E-state index contributed by atoms with van der Waals surface area (Å²) in [6.07, 6.45) is 6.60. The third kappa shape index (κ3) is 7.21. The van der Waals surface area contributed by atoms with Gasteiger partial charge in [-0.1, -0.05) is 13.0 Å². The number of allylic oxidation sites excluding steroid dienone is 1. The molecule has 0 saturated heterocycles. The molecule has 9 heavy (non-hydrogen) atoms. The van der Waals surface area contributed by atoms with E-state index in [2.05, 4.69) is 0 Å². The molecule has 2 heteroatoms. The van der Waals surface area contributed by atoms with E-state index < -0.39 is 5.97 Å². The average Bonchev–Trinajstić information content (AvgIpc) is 1.80. The highest BCUT2D eigenvalue weighted by Gasteiger charge is 1.83. The summed E-state index contributed by atoms with van der Waals surface area (Å²) in [6, 6.07) is 0. The smallest absolute Gasteiger partial charge is 0.327 e. The minimum absolute atomic E-state index is 0.822. The monoisotopic (exact) mass is 127 g/mol. The first-order valence-electron chi connectivity index (χ1n) is 2.94. The van der Waals surface area contributed by atoms with E-state index in [1.54, 1.807) is 6.08 Å². The molecule has 0 aromatic carbocycles. The molecule has 0 spiro atoms. The van der Waals surface area contributed by atoms with Crippen molar-refractivity contribution in [1.29, 1.82) is 0 Å². The van der Waals surface area contributed by atoms with Gasteiger partial charge < -0.3 is 5.11 Å². The van der Waals surface area contributed by atoms with Crippen LogP contribution in [0, 0.1) is 6.42 Å². The van der Waals surface area contributed by atoms with Crippen LogP contribution >= 0.6 is 0 Å². The Morgan fingerprint density at radius 2 is 2.22 bits per heavy atom. The van der Waals surface area contributed by atoms with Crippen molar-refractivity contribution in [2.24, 2.45) is 0 Å². The van der Waals surface area contributed by atoms with E-state index >= 15 is 0 Å². The Balaban J connectivity index is 3.15. The molecule has 0 aliphatic rings. The van der Waals surface area contributed by atoms with Crippen LogP contribution in [0.15, 0.2) is 12.2 Å². The normalized spacial score (nSPS) is 10.3. The number of hydrogen-bond donors (Lipinski definition) is 1. The third-order valence-electron chi connectivity index (χ3n) is 0.882. The number of carboxylic acid groups (broad SMARTS) is 1. The minimum atomic E-state index is -0.869. The van der Waals surface area contributed by atoms with Gasteiger partial charge in [-0.2, -0.15) is 0 Å². The lowest BCUT2D eigenvalue weighted by Gasteiger charge is -1.84. The van der Waals surface area contributed by atoms with Gasteiger partial charge in [0.05, 0.1) is 0 Å². The van der Waals surface area contributed by atoms with E-state index in [1.165, 1.54) is 6.08 Å². The van der Waals surface area contributed by atoms with Gasteiger partial charge in [-0.15, -0.1) is 0 Å². The van der Waals surface area contributed by atoms with E-state index in [9.17, 15) is 4.79 Å². The first-order valence-corrected chi connectivity index (χ1v) is 2.94. The molecular formula is C7H11O2. The quantitative estimate of drug-likeness (QED) is 0.460. The summed E-state index contributed by atoms with van der Waals surface area (Å²) in [5.74, 6) is -0.869. The van der Waals surface area contributed by atoms with E-state index in [1.807, 2.05) is 13.3 Å². The Hall–Kier alpha value is -0.790. The van der Waals surface area contributed by atoms with Gasteiger partial charge in [0.25, 0.3) is 0 Å². The Labute approximate surface area is 55.2 Å². The molecule has 0 unspecified atom stereocenters. The van der Waals surface area contributed by atoms with Crippen molar-refractivity contribution in [3.05, 3.63) is 18.6 Å². The van der Waals surface area contributed by atoms with Crippen LogP contribution < -0.4 is 0 Å². The standard InChI is InChI=1S/C7H11O2/c1-2-3-4-5-6-7(8)9/h2,5-6H,3-4H2,1H3,(H,8,9). The van der Waals surface area contributed by atoms with Crippen LogP contribution in [-0.2, 0) is 4.79 Å². The van der Waals surface area contributed by atoms with Crippen molar-refractivity contribution < 1.29 is 9.90 Å². The van der Waals surface area contributed by atoms with Gasteiger partial charge in [-0.3, -0.25) is 0 Å². The second kappa shape index (κ2) is 5.35. The summed E-state index contributed by atoms with van der Waals surface area (Å²) in [5.41, 5.74) is 0. The Morgan fingerprint density at radius 1 is 1.56 bits per heavy atom. The van der Waals surface area contributed by atoms with Crippen LogP contribution in [0.4, 0.5) is 0 Å². The molecule has 0 aromatic rings. The zero-order valence-electron chi connectivity index (χ0n) is 5.50. The Bertz CT molecular complexity index is 105. The highest BCUT2D eigenvalue weighted by molar-refractivity contribution is 5.79. The fourth-order valence-electron chi connectivity index (χ4n) is 0.447. The molecule has 1 radical (unpaired) electrons. The summed E-state index contributed by atoms with van der Waals surface area (Å²) >= 11 is 0. The molecular weight excluding hydrogens is 116 g/mol. The highest BCUT2D eigenvalue weighted by Crippen LogP contribution is 1.92. The van der Waals surface area contributed by atoms with Crippen LogP contribution in [0.1, 0.15) is 19.8 Å². The molecule has 0 amide bonds. The second-order valence-electron chi connectivity index (χ2n) is 1.73. The average molecular weight is 127 g/mol. The lowest BCUT2D eigenvalue weighted by Crippen LogP contribution is -1.85. The van der Waals surface area contributed by atoms with E-state index in [4.69, 9.17) is 5.11 Å². The van der Waals surface area contributed by atoms with E-state index in [0.717, 1.165) is 12.8 Å². The van der Waals surface area contributed by atoms with Gasteiger partial charge in [0.1, 0.15) is 0 Å². The minimum Gasteiger partial charge on any atom is -0.478 e. The number of carbonyl (C=O) groups is 1. The molecule has 0 bridgehead atoms. The van der Waals surface area contributed by atoms with Gasteiger partial charge in [0, 0.05) is 6.08 Å². The first-order chi connectivity index (χ1) is 4.27. The van der Waals surface area contributed by atoms with Crippen molar-refractivity contribution in [3.63, 3.8) is 0 Å². The van der Waals surface area contributed by atoms with Crippen molar-refractivity contribution in [3.8, 4) is 0 Å². The van der Waals surface area contributed by atoms with E-state index in [-0.39, 0.29) is 0 Å². The fraction of sp³-hybridized carbons (Fsp3) is 0.429. The number of unbranched alkanes of at least 4 members (excludes halogenated alkanes) is 2. The van der Waals surface area contributed by atoms with Gasteiger partial charge in [0.2, 0.25) is 0 Å². The van der Waals surface area contributed by atoms with Crippen LogP contribution in [0.25, 0.3) is 0 Å². The molecule has 2 nitrogen and oxygen atoms in total. The Kier molecular flexibility index (Phi) is 4.88. The SMILES string of the molecule is C[CH]CCC=CC(=O)O. The number of carboxylic acids is 1. The lowest BCUT2D eigenvalue weighted by molar-refractivity contribution is -0.131. The summed E-state index contributed by atoms with van der Waals surface area (Å²) in [6.45, 7) is 1.95. The second-order valence-corrected chi connectivity index (χ2v) is 1.73. The van der Waals surface area contributed by atoms with Crippen LogP contribution in [-0.4, -0.2) is 11.1 Å². The van der Waals surface area contributed by atoms with Crippen molar-refractivity contribution in [2.75, 3.05) is 0 Å². The van der Waals surface area contributed by atoms with Crippen LogP contribution in [0.3, 0.4) is 0 Å². The molecule has 51 valence electrons. The Morgan fingerprint density at radius 3 is 2.67 bits per heavy atom. The van der Waals surface area contributed by atoms with Crippen molar-refractivity contribution in [2.45, 2.75) is 19.8 Å². The first kappa shape index (κ1) is 8.21. The maximum Gasteiger partial charge on any atom is 0.327 e. The topological polar surface area (TPSA) is 37.3 Å². The largest absolute Gasteiger partial charge is 0.478 e. The van der Waals surface area contributed by atoms with Crippen LogP contribution in [0.2, 0.25) is 0 Å². The van der Waals surface area contributed by atoms with Gasteiger partial charge in [0.15, 0.2) is 0 Å². The predicted octanol–water partition coefficient (Wildman–Crippen LogP) is 1.63. The fourth-order valence-corrected chi connectivity index (χ4v) is 0.447. The zero-order valence-corrected chi connectivity index (χ0v) is 5.50. The highest BCUT2D eigenvalue weighted by atomic mass is 16.4. The molecule has 0 fully saturated rings. The van der Waals surface area contributed by atoms with Crippen LogP contribution in [0.5, 0.6) is 0 Å². The molecule has 0 aromatic heterocycles. The number of hydrogen-bond acceptors (Lipinski definition) is 1. The van der Waals surface area contributed by atoms with E-state index in [0.29, 0.717) is 0 Å². The maximum absolute atomic E-state index is 9.87. The molecule has 0 aliphatic heterocycles. The van der Waals surface area contributed by atoms with Gasteiger partial charge in [-0.25, -0.2) is 4.79 Å². The number of rotatable bonds is 4. The van der Waals surface area contributed by atoms with Gasteiger partial charge >= 0.3 is 5.97 Å². The van der Waals surface area contributed by atoms with Gasteiger partial charge in [-0.05, 0) is 19.3 Å².